The van der Waals surface area contributed by atoms with E-state index in [4.69, 9.17) is 0 Å². The van der Waals surface area contributed by atoms with E-state index in [-0.39, 0.29) is 0 Å². The Bertz CT molecular complexity index is 536. The first-order chi connectivity index (χ1) is 9.58. The second kappa shape index (κ2) is 7.34. The fraction of sp³-hybridized carbons (Fsp3) is 0.438. The van der Waals surface area contributed by atoms with Gasteiger partial charge in [-0.2, -0.15) is 0 Å². The number of hydrogen-bond donors (Lipinski definition) is 1. The first-order valence-electron chi connectivity index (χ1n) is 7.03. The van der Waals surface area contributed by atoms with Crippen molar-refractivity contribution in [2.45, 2.75) is 45.7 Å². The Hall–Kier alpha value is -0.710. The lowest BCUT2D eigenvalue weighted by molar-refractivity contribution is 0.476. The van der Waals surface area contributed by atoms with Gasteiger partial charge in [0.15, 0.2) is 0 Å². The molecule has 1 aromatic heterocycles. The van der Waals surface area contributed by atoms with Gasteiger partial charge in [-0.3, -0.25) is 0 Å². The minimum Gasteiger partial charge on any atom is -0.305 e. The molecule has 0 aliphatic heterocycles. The van der Waals surface area contributed by atoms with E-state index in [9.17, 15) is 0 Å². The summed E-state index contributed by atoms with van der Waals surface area (Å²) < 4.78 is 1.13. The molecular weight excluding hydrogens is 332 g/mol. The van der Waals surface area contributed by atoms with Gasteiger partial charge in [-0.05, 0) is 44.4 Å². The Kier molecular flexibility index (Phi) is 5.75. The van der Waals surface area contributed by atoms with Gasteiger partial charge in [0.2, 0.25) is 0 Å². The number of hydrogen-bond acceptors (Lipinski definition) is 3. The molecule has 0 amide bonds. The van der Waals surface area contributed by atoms with Gasteiger partial charge >= 0.3 is 0 Å². The summed E-state index contributed by atoms with van der Waals surface area (Å²) in [5.41, 5.74) is 1.36. The van der Waals surface area contributed by atoms with Crippen molar-refractivity contribution in [3.8, 4) is 0 Å². The predicted octanol–water partition coefficient (Wildman–Crippen LogP) is 4.75. The van der Waals surface area contributed by atoms with Crippen molar-refractivity contribution in [3.05, 3.63) is 50.4 Å². The van der Waals surface area contributed by atoms with Crippen molar-refractivity contribution < 1.29 is 0 Å². The SMILES string of the molecule is CCc1cnc(C(C)NC(C)Cc2ccc(Br)cc2)s1. The summed E-state index contributed by atoms with van der Waals surface area (Å²) in [6.07, 6.45) is 4.10. The Balaban J connectivity index is 1.90. The van der Waals surface area contributed by atoms with E-state index in [1.54, 1.807) is 0 Å². The standard InChI is InChI=1S/C16H21BrN2S/c1-4-15-10-18-16(20-15)12(3)19-11(2)9-13-5-7-14(17)8-6-13/h5-8,10-12,19H,4,9H2,1-3H3. The number of rotatable bonds is 6. The van der Waals surface area contributed by atoms with E-state index >= 15 is 0 Å². The summed E-state index contributed by atoms with van der Waals surface area (Å²) in [5.74, 6) is 0. The minimum atomic E-state index is 0.311. The molecule has 0 saturated heterocycles. The maximum absolute atomic E-state index is 4.51. The molecular formula is C16H21BrN2S. The van der Waals surface area contributed by atoms with Crippen molar-refractivity contribution in [1.29, 1.82) is 0 Å². The molecule has 0 fully saturated rings. The Morgan fingerprint density at radius 1 is 1.25 bits per heavy atom. The lowest BCUT2D eigenvalue weighted by atomic mass is 10.1. The van der Waals surface area contributed by atoms with E-state index in [1.165, 1.54) is 15.4 Å². The molecule has 2 rings (SSSR count). The molecule has 1 N–H and O–H groups in total. The van der Waals surface area contributed by atoms with Crippen molar-refractivity contribution in [1.82, 2.24) is 10.3 Å². The molecule has 0 aliphatic carbocycles. The number of aryl methyl sites for hydroxylation is 1. The van der Waals surface area contributed by atoms with Crippen LogP contribution in [0.25, 0.3) is 0 Å². The van der Waals surface area contributed by atoms with Gasteiger partial charge in [0.1, 0.15) is 5.01 Å². The van der Waals surface area contributed by atoms with Gasteiger partial charge in [-0.1, -0.05) is 35.0 Å². The summed E-state index contributed by atoms with van der Waals surface area (Å²) in [5, 5.41) is 4.82. The highest BCUT2D eigenvalue weighted by Crippen LogP contribution is 2.21. The molecule has 20 heavy (non-hydrogen) atoms. The summed E-state index contributed by atoms with van der Waals surface area (Å²) in [6.45, 7) is 6.59. The molecule has 0 radical (unpaired) electrons. The Morgan fingerprint density at radius 2 is 1.95 bits per heavy atom. The summed E-state index contributed by atoms with van der Waals surface area (Å²) in [7, 11) is 0. The van der Waals surface area contributed by atoms with Gasteiger partial charge in [0, 0.05) is 21.6 Å². The number of halogens is 1. The smallest absolute Gasteiger partial charge is 0.109 e. The first kappa shape index (κ1) is 15.7. The van der Waals surface area contributed by atoms with E-state index < -0.39 is 0 Å². The maximum atomic E-state index is 4.51. The van der Waals surface area contributed by atoms with Crippen LogP contribution in [0.4, 0.5) is 0 Å². The average molecular weight is 353 g/mol. The van der Waals surface area contributed by atoms with E-state index in [1.807, 2.05) is 17.5 Å². The number of nitrogens with zero attached hydrogens (tertiary/aromatic N) is 1. The van der Waals surface area contributed by atoms with Crippen LogP contribution in [0.5, 0.6) is 0 Å². The van der Waals surface area contributed by atoms with Crippen molar-refractivity contribution in [3.63, 3.8) is 0 Å². The molecule has 0 saturated carbocycles. The molecule has 4 heteroatoms. The fourth-order valence-corrected chi connectivity index (χ4v) is 3.35. The second-order valence-electron chi connectivity index (χ2n) is 5.14. The molecule has 2 unspecified atom stereocenters. The van der Waals surface area contributed by atoms with E-state index in [0.29, 0.717) is 12.1 Å². The van der Waals surface area contributed by atoms with Crippen LogP contribution in [0.3, 0.4) is 0 Å². The highest BCUT2D eigenvalue weighted by Gasteiger charge is 2.13. The molecule has 2 nitrogen and oxygen atoms in total. The number of thiazole rings is 1. The molecule has 108 valence electrons. The zero-order chi connectivity index (χ0) is 14.5. The lowest BCUT2D eigenvalue weighted by Crippen LogP contribution is -2.30. The van der Waals surface area contributed by atoms with Gasteiger partial charge in [-0.15, -0.1) is 11.3 Å². The van der Waals surface area contributed by atoms with Crippen LogP contribution >= 0.6 is 27.3 Å². The molecule has 1 aromatic carbocycles. The first-order valence-corrected chi connectivity index (χ1v) is 8.64. The molecule has 1 heterocycles. The van der Waals surface area contributed by atoms with Gasteiger partial charge in [0.25, 0.3) is 0 Å². The minimum absolute atomic E-state index is 0.311. The molecule has 0 spiro atoms. The third-order valence-electron chi connectivity index (χ3n) is 3.28. The molecule has 0 aliphatic rings. The second-order valence-corrected chi connectivity index (χ2v) is 7.20. The topological polar surface area (TPSA) is 24.9 Å². The maximum Gasteiger partial charge on any atom is 0.109 e. The van der Waals surface area contributed by atoms with Crippen LogP contribution < -0.4 is 5.32 Å². The summed E-state index contributed by atoms with van der Waals surface area (Å²) in [4.78, 5) is 5.86. The molecule has 0 bridgehead atoms. The number of aromatic nitrogens is 1. The van der Waals surface area contributed by atoms with Gasteiger partial charge in [-0.25, -0.2) is 4.98 Å². The molecule has 2 atom stereocenters. The molecule has 2 aromatic rings. The monoisotopic (exact) mass is 352 g/mol. The third kappa shape index (κ3) is 4.40. The van der Waals surface area contributed by atoms with Crippen LogP contribution in [-0.2, 0) is 12.8 Å². The fourth-order valence-electron chi connectivity index (χ4n) is 2.22. The highest BCUT2D eigenvalue weighted by atomic mass is 79.9. The largest absolute Gasteiger partial charge is 0.305 e. The van der Waals surface area contributed by atoms with Crippen molar-refractivity contribution in [2.75, 3.05) is 0 Å². The van der Waals surface area contributed by atoms with Crippen molar-refractivity contribution >= 4 is 27.3 Å². The normalized spacial score (nSPS) is 14.2. The summed E-state index contributed by atoms with van der Waals surface area (Å²) >= 11 is 5.28. The van der Waals surface area contributed by atoms with E-state index in [2.05, 4.69) is 71.3 Å². The van der Waals surface area contributed by atoms with Crippen LogP contribution in [0, 0.1) is 0 Å². The Morgan fingerprint density at radius 3 is 2.55 bits per heavy atom. The van der Waals surface area contributed by atoms with Crippen LogP contribution in [0.1, 0.15) is 42.3 Å². The third-order valence-corrected chi connectivity index (χ3v) is 5.13. The van der Waals surface area contributed by atoms with E-state index in [0.717, 1.165) is 17.3 Å². The average Bonchev–Trinajstić information content (AvgIpc) is 2.90. The van der Waals surface area contributed by atoms with Gasteiger partial charge < -0.3 is 5.32 Å². The lowest BCUT2D eigenvalue weighted by Gasteiger charge is -2.18. The van der Waals surface area contributed by atoms with Gasteiger partial charge in [0.05, 0.1) is 6.04 Å². The zero-order valence-corrected chi connectivity index (χ0v) is 14.6. The highest BCUT2D eigenvalue weighted by molar-refractivity contribution is 9.10. The zero-order valence-electron chi connectivity index (χ0n) is 12.2. The number of nitrogens with one attached hydrogen (secondary N) is 1. The van der Waals surface area contributed by atoms with Crippen LogP contribution in [0.2, 0.25) is 0 Å². The Labute approximate surface area is 133 Å². The van der Waals surface area contributed by atoms with Crippen LogP contribution in [0.15, 0.2) is 34.9 Å². The van der Waals surface area contributed by atoms with Crippen molar-refractivity contribution in [2.24, 2.45) is 0 Å². The van der Waals surface area contributed by atoms with Crippen LogP contribution in [-0.4, -0.2) is 11.0 Å². The number of benzene rings is 1. The predicted molar refractivity (Wildman–Crippen MR) is 90.4 cm³/mol. The summed E-state index contributed by atoms with van der Waals surface area (Å²) in [6, 6.07) is 9.28. The quantitative estimate of drug-likeness (QED) is 0.811.